The van der Waals surface area contributed by atoms with Crippen molar-refractivity contribution in [2.24, 2.45) is 0 Å². The number of H-pyrrole nitrogens is 1. The van der Waals surface area contributed by atoms with Crippen LogP contribution in [0, 0.1) is 0 Å². The Hall–Kier alpha value is -4.88. The molecule has 1 nitrogen and oxygen atoms in total. The Morgan fingerprint density at radius 1 is 0.429 bits per heavy atom. The minimum absolute atomic E-state index is 0.00672. The number of hydrogen-bond acceptors (Lipinski definition) is 0. The third kappa shape index (κ3) is 4.08. The molecule has 6 aromatic carbocycles. The number of rotatable bonds is 3. The van der Waals surface area contributed by atoms with Gasteiger partial charge >= 0.3 is 0 Å². The SMILES string of the molecule is CC.CC1(C)c2ccccc2-c2cc(-c3cc(-c4ccccc4)cc(-c4cccc5c4[nH]c4ccccc45)c3)ccc21. The summed E-state index contributed by atoms with van der Waals surface area (Å²) in [5.74, 6) is 0. The maximum Gasteiger partial charge on any atom is 0.0544 e. The molecule has 0 aliphatic heterocycles. The van der Waals surface area contributed by atoms with Crippen molar-refractivity contribution in [3.8, 4) is 44.5 Å². The Morgan fingerprint density at radius 2 is 1.05 bits per heavy atom. The zero-order chi connectivity index (χ0) is 28.8. The van der Waals surface area contributed by atoms with Crippen molar-refractivity contribution >= 4 is 21.8 Å². The molecule has 0 unspecified atom stereocenters. The van der Waals surface area contributed by atoms with E-state index in [-0.39, 0.29) is 5.41 Å². The van der Waals surface area contributed by atoms with Gasteiger partial charge in [-0.3, -0.25) is 0 Å². The average Bonchev–Trinajstić information content (AvgIpc) is 3.54. The Balaban J connectivity index is 0.00000141. The van der Waals surface area contributed by atoms with E-state index in [2.05, 4.69) is 152 Å². The molecule has 0 saturated carbocycles. The highest BCUT2D eigenvalue weighted by Crippen LogP contribution is 2.49. The third-order valence-corrected chi connectivity index (χ3v) is 8.81. The number of benzene rings is 6. The summed E-state index contributed by atoms with van der Waals surface area (Å²) in [5.41, 5.74) is 15.2. The van der Waals surface area contributed by atoms with E-state index in [1.165, 1.54) is 77.4 Å². The molecular weight excluding hydrogens is 506 g/mol. The van der Waals surface area contributed by atoms with Crippen LogP contribution in [-0.2, 0) is 5.41 Å². The highest BCUT2D eigenvalue weighted by Gasteiger charge is 2.35. The molecule has 1 N–H and O–H groups in total. The number of aromatic amines is 1. The van der Waals surface area contributed by atoms with Crippen LogP contribution in [0.25, 0.3) is 66.3 Å². The van der Waals surface area contributed by atoms with Gasteiger partial charge in [0.2, 0.25) is 0 Å². The van der Waals surface area contributed by atoms with Crippen molar-refractivity contribution in [3.05, 3.63) is 145 Å². The van der Waals surface area contributed by atoms with Gasteiger partial charge in [-0.25, -0.2) is 0 Å². The van der Waals surface area contributed by atoms with Gasteiger partial charge in [0.1, 0.15) is 0 Å². The van der Waals surface area contributed by atoms with Crippen LogP contribution in [0.3, 0.4) is 0 Å². The first-order valence-corrected chi connectivity index (χ1v) is 15.0. The van der Waals surface area contributed by atoms with Crippen LogP contribution in [0.5, 0.6) is 0 Å². The fourth-order valence-corrected chi connectivity index (χ4v) is 6.76. The van der Waals surface area contributed by atoms with E-state index < -0.39 is 0 Å². The van der Waals surface area contributed by atoms with Crippen molar-refractivity contribution in [1.29, 1.82) is 0 Å². The fourth-order valence-electron chi connectivity index (χ4n) is 6.76. The molecule has 0 radical (unpaired) electrons. The highest BCUT2D eigenvalue weighted by atomic mass is 14.7. The van der Waals surface area contributed by atoms with E-state index >= 15 is 0 Å². The van der Waals surface area contributed by atoms with Crippen LogP contribution in [0.15, 0.2) is 133 Å². The van der Waals surface area contributed by atoms with Crippen molar-refractivity contribution in [1.82, 2.24) is 4.98 Å². The minimum atomic E-state index is 0.00672. The number of aromatic nitrogens is 1. The molecule has 42 heavy (non-hydrogen) atoms. The summed E-state index contributed by atoms with van der Waals surface area (Å²) < 4.78 is 0. The minimum Gasteiger partial charge on any atom is -0.354 e. The number of para-hydroxylation sites is 2. The summed E-state index contributed by atoms with van der Waals surface area (Å²) in [6.45, 7) is 8.68. The predicted octanol–water partition coefficient (Wildman–Crippen LogP) is 11.7. The first kappa shape index (κ1) is 26.0. The lowest BCUT2D eigenvalue weighted by atomic mass is 9.82. The van der Waals surface area contributed by atoms with Crippen LogP contribution in [-0.4, -0.2) is 4.98 Å². The summed E-state index contributed by atoms with van der Waals surface area (Å²) in [6, 6.07) is 48.9. The molecule has 1 aromatic heterocycles. The predicted molar refractivity (Wildman–Crippen MR) is 181 cm³/mol. The lowest BCUT2D eigenvalue weighted by molar-refractivity contribution is 0.660. The zero-order valence-corrected chi connectivity index (χ0v) is 24.7. The second-order valence-corrected chi connectivity index (χ2v) is 11.5. The number of hydrogen-bond donors (Lipinski definition) is 1. The van der Waals surface area contributed by atoms with Crippen molar-refractivity contribution in [3.63, 3.8) is 0 Å². The van der Waals surface area contributed by atoms with E-state index in [0.29, 0.717) is 0 Å². The van der Waals surface area contributed by atoms with E-state index in [1.54, 1.807) is 0 Å². The van der Waals surface area contributed by atoms with Crippen LogP contribution in [0.2, 0.25) is 0 Å². The van der Waals surface area contributed by atoms with Crippen LogP contribution < -0.4 is 0 Å². The van der Waals surface area contributed by atoms with Gasteiger partial charge in [0.25, 0.3) is 0 Å². The van der Waals surface area contributed by atoms with Gasteiger partial charge in [-0.1, -0.05) is 131 Å². The van der Waals surface area contributed by atoms with Gasteiger partial charge in [-0.2, -0.15) is 0 Å². The van der Waals surface area contributed by atoms with E-state index in [9.17, 15) is 0 Å². The van der Waals surface area contributed by atoms with Crippen molar-refractivity contribution < 1.29 is 0 Å². The maximum absolute atomic E-state index is 3.72. The second-order valence-electron chi connectivity index (χ2n) is 11.5. The van der Waals surface area contributed by atoms with Crippen LogP contribution in [0.1, 0.15) is 38.8 Å². The fraction of sp³-hybridized carbons (Fsp3) is 0.122. The maximum atomic E-state index is 3.72. The van der Waals surface area contributed by atoms with E-state index in [4.69, 9.17) is 0 Å². The highest BCUT2D eigenvalue weighted by molar-refractivity contribution is 6.12. The number of fused-ring (bicyclic) bond motifs is 6. The standard InChI is InChI=1S/C39H29N.C2H6/c1-39(2)35-17-8-6-13-31(35)34-24-26(19-20-36(34)39)28-21-27(25-11-4-3-5-12-25)22-29(23-28)30-15-10-16-33-32-14-7-9-18-37(32)40-38(30)33;1-2/h3-24,40H,1-2H3;1-2H3. The molecule has 204 valence electrons. The molecule has 7 aromatic rings. The van der Waals surface area contributed by atoms with Crippen molar-refractivity contribution in [2.45, 2.75) is 33.1 Å². The molecular formula is C41H35N. The molecule has 0 fully saturated rings. The van der Waals surface area contributed by atoms with Crippen LogP contribution in [0.4, 0.5) is 0 Å². The second kappa shape index (κ2) is 10.2. The summed E-state index contributed by atoms with van der Waals surface area (Å²) in [4.78, 5) is 3.72. The molecule has 0 spiro atoms. The van der Waals surface area contributed by atoms with Gasteiger partial charge in [0.05, 0.1) is 5.52 Å². The Kier molecular flexibility index (Phi) is 6.32. The molecule has 1 heteroatoms. The van der Waals surface area contributed by atoms with Gasteiger partial charge in [0.15, 0.2) is 0 Å². The molecule has 1 heterocycles. The van der Waals surface area contributed by atoms with Gasteiger partial charge in [-0.15, -0.1) is 0 Å². The molecule has 0 atom stereocenters. The van der Waals surface area contributed by atoms with Crippen LogP contribution >= 0.6 is 0 Å². The van der Waals surface area contributed by atoms with Gasteiger partial charge < -0.3 is 4.98 Å². The lowest BCUT2D eigenvalue weighted by Crippen LogP contribution is -2.14. The largest absolute Gasteiger partial charge is 0.354 e. The van der Waals surface area contributed by atoms with E-state index in [1.807, 2.05) is 13.8 Å². The molecule has 0 amide bonds. The molecule has 0 bridgehead atoms. The topological polar surface area (TPSA) is 15.8 Å². The van der Waals surface area contributed by atoms with Gasteiger partial charge in [-0.05, 0) is 80.4 Å². The summed E-state index contributed by atoms with van der Waals surface area (Å²) >= 11 is 0. The summed E-state index contributed by atoms with van der Waals surface area (Å²) in [5, 5.41) is 2.52. The smallest absolute Gasteiger partial charge is 0.0544 e. The zero-order valence-electron chi connectivity index (χ0n) is 24.7. The quantitative estimate of drug-likeness (QED) is 0.229. The summed E-state index contributed by atoms with van der Waals surface area (Å²) in [7, 11) is 0. The first-order chi connectivity index (χ1) is 20.6. The molecule has 8 rings (SSSR count). The monoisotopic (exact) mass is 541 g/mol. The molecule has 0 saturated heterocycles. The Bertz CT molecular complexity index is 2070. The third-order valence-electron chi connectivity index (χ3n) is 8.81. The molecule has 1 aliphatic carbocycles. The average molecular weight is 542 g/mol. The molecule has 1 aliphatic rings. The van der Waals surface area contributed by atoms with Gasteiger partial charge in [0, 0.05) is 27.3 Å². The van der Waals surface area contributed by atoms with E-state index in [0.717, 1.165) is 0 Å². The number of nitrogens with one attached hydrogen (secondary N) is 1. The summed E-state index contributed by atoms with van der Waals surface area (Å²) in [6.07, 6.45) is 0. The van der Waals surface area contributed by atoms with Crippen molar-refractivity contribution in [2.75, 3.05) is 0 Å². The first-order valence-electron chi connectivity index (χ1n) is 15.0. The lowest BCUT2D eigenvalue weighted by Gasteiger charge is -2.21. The Morgan fingerprint density at radius 3 is 1.88 bits per heavy atom. The Labute approximate surface area is 248 Å². The normalized spacial score (nSPS) is 13.0.